The van der Waals surface area contributed by atoms with Crippen molar-refractivity contribution in [1.82, 2.24) is 15.0 Å². The van der Waals surface area contributed by atoms with Crippen molar-refractivity contribution in [3.8, 4) is 11.5 Å². The van der Waals surface area contributed by atoms with Crippen LogP contribution in [0.3, 0.4) is 0 Å². The van der Waals surface area contributed by atoms with Gasteiger partial charge in [-0.25, -0.2) is 9.97 Å². The Kier molecular flexibility index (Phi) is 4.34. The Balaban J connectivity index is 2.00. The van der Waals surface area contributed by atoms with Gasteiger partial charge in [-0.2, -0.15) is 0 Å². The Bertz CT molecular complexity index is 632. The van der Waals surface area contributed by atoms with Crippen molar-refractivity contribution in [2.45, 2.75) is 39.3 Å². The molecule has 1 aliphatic heterocycles. The van der Waals surface area contributed by atoms with Crippen LogP contribution in [0.2, 0.25) is 0 Å². The highest BCUT2D eigenvalue weighted by Gasteiger charge is 2.25. The zero-order valence-electron chi connectivity index (χ0n) is 13.4. The fourth-order valence-electron chi connectivity index (χ4n) is 2.64. The van der Waals surface area contributed by atoms with Crippen molar-refractivity contribution < 1.29 is 4.74 Å². The molecule has 5 nitrogen and oxygen atoms in total. The molecular formula is C17H22N4O. The van der Waals surface area contributed by atoms with Crippen molar-refractivity contribution >= 4 is 5.82 Å². The van der Waals surface area contributed by atoms with Gasteiger partial charge >= 0.3 is 0 Å². The van der Waals surface area contributed by atoms with Crippen molar-refractivity contribution in [3.63, 3.8) is 0 Å². The lowest BCUT2D eigenvalue weighted by Gasteiger charge is -2.37. The predicted molar refractivity (Wildman–Crippen MR) is 86.9 cm³/mol. The minimum absolute atomic E-state index is 0.217. The van der Waals surface area contributed by atoms with Crippen LogP contribution >= 0.6 is 0 Å². The molecule has 2 aromatic rings. The molecule has 1 saturated heterocycles. The highest BCUT2D eigenvalue weighted by atomic mass is 16.5. The van der Waals surface area contributed by atoms with E-state index in [-0.39, 0.29) is 6.10 Å². The van der Waals surface area contributed by atoms with Crippen LogP contribution in [0, 0.1) is 0 Å². The largest absolute Gasteiger partial charge is 0.375 e. The SMILES string of the molecule is CCc1cc(N2C[C@H](C)OC[C@@H]2C)nc(-c2ccccn2)n1. The summed E-state index contributed by atoms with van der Waals surface area (Å²) in [4.78, 5) is 16.1. The summed E-state index contributed by atoms with van der Waals surface area (Å²) in [6, 6.07) is 8.21. The first-order valence-corrected chi connectivity index (χ1v) is 7.85. The molecule has 0 N–H and O–H groups in total. The van der Waals surface area contributed by atoms with Gasteiger partial charge in [0, 0.05) is 24.5 Å². The van der Waals surface area contributed by atoms with E-state index in [0.717, 1.165) is 36.8 Å². The van der Waals surface area contributed by atoms with Crippen LogP contribution < -0.4 is 4.90 Å². The van der Waals surface area contributed by atoms with Gasteiger partial charge in [0.15, 0.2) is 5.82 Å². The van der Waals surface area contributed by atoms with E-state index in [2.05, 4.69) is 41.7 Å². The Hall–Kier alpha value is -2.01. The first-order chi connectivity index (χ1) is 10.7. The highest BCUT2D eigenvalue weighted by molar-refractivity contribution is 5.54. The smallest absolute Gasteiger partial charge is 0.180 e. The number of hydrogen-bond acceptors (Lipinski definition) is 5. The third-order valence-corrected chi connectivity index (χ3v) is 3.92. The summed E-state index contributed by atoms with van der Waals surface area (Å²) >= 11 is 0. The van der Waals surface area contributed by atoms with E-state index in [9.17, 15) is 0 Å². The van der Waals surface area contributed by atoms with E-state index in [0.29, 0.717) is 11.9 Å². The molecule has 22 heavy (non-hydrogen) atoms. The van der Waals surface area contributed by atoms with Crippen LogP contribution in [0.4, 0.5) is 5.82 Å². The van der Waals surface area contributed by atoms with E-state index in [1.54, 1.807) is 6.20 Å². The summed E-state index contributed by atoms with van der Waals surface area (Å²) in [6.45, 7) is 7.95. The van der Waals surface area contributed by atoms with Gasteiger partial charge in [-0.05, 0) is 32.4 Å². The molecule has 5 heteroatoms. The summed E-state index contributed by atoms with van der Waals surface area (Å²) in [6.07, 6.45) is 2.87. The van der Waals surface area contributed by atoms with E-state index < -0.39 is 0 Å². The maximum atomic E-state index is 5.72. The van der Waals surface area contributed by atoms with Gasteiger partial charge in [0.2, 0.25) is 0 Å². The number of rotatable bonds is 3. The van der Waals surface area contributed by atoms with Gasteiger partial charge in [-0.3, -0.25) is 4.98 Å². The second-order valence-electron chi connectivity index (χ2n) is 5.75. The molecule has 1 fully saturated rings. The molecule has 0 radical (unpaired) electrons. The first-order valence-electron chi connectivity index (χ1n) is 7.85. The lowest BCUT2D eigenvalue weighted by atomic mass is 10.2. The zero-order chi connectivity index (χ0) is 15.5. The lowest BCUT2D eigenvalue weighted by molar-refractivity contribution is 0.0340. The van der Waals surface area contributed by atoms with Crippen LogP contribution in [0.25, 0.3) is 11.5 Å². The number of morpholine rings is 1. The summed E-state index contributed by atoms with van der Waals surface area (Å²) in [7, 11) is 0. The third-order valence-electron chi connectivity index (χ3n) is 3.92. The van der Waals surface area contributed by atoms with Gasteiger partial charge in [0.25, 0.3) is 0 Å². The van der Waals surface area contributed by atoms with Crippen LogP contribution in [0.1, 0.15) is 26.5 Å². The molecule has 0 saturated carbocycles. The number of nitrogens with zero attached hydrogens (tertiary/aromatic N) is 4. The molecule has 3 heterocycles. The first kappa shape index (κ1) is 14.9. The number of pyridine rings is 1. The lowest BCUT2D eigenvalue weighted by Crippen LogP contribution is -2.47. The number of hydrogen-bond donors (Lipinski definition) is 0. The maximum absolute atomic E-state index is 5.72. The highest BCUT2D eigenvalue weighted by Crippen LogP contribution is 2.23. The summed E-state index contributed by atoms with van der Waals surface area (Å²) in [5.74, 6) is 1.66. The predicted octanol–water partition coefficient (Wildman–Crippen LogP) is 2.71. The molecule has 2 aromatic heterocycles. The third kappa shape index (κ3) is 3.09. The molecule has 2 atom stereocenters. The molecule has 0 bridgehead atoms. The number of aromatic nitrogens is 3. The maximum Gasteiger partial charge on any atom is 0.180 e. The minimum atomic E-state index is 0.217. The summed E-state index contributed by atoms with van der Waals surface area (Å²) in [5, 5.41) is 0. The molecule has 0 aliphatic carbocycles. The van der Waals surface area contributed by atoms with Crippen LogP contribution in [0.15, 0.2) is 30.5 Å². The Morgan fingerprint density at radius 2 is 2.14 bits per heavy atom. The van der Waals surface area contributed by atoms with E-state index in [1.165, 1.54) is 0 Å². The number of anilines is 1. The standard InChI is InChI=1S/C17H22N4O/c1-4-14-9-16(21-10-13(3)22-11-12(21)2)20-17(19-14)15-7-5-6-8-18-15/h5-9,12-13H,4,10-11H2,1-3H3/t12-,13-/m0/s1. The van der Waals surface area contributed by atoms with Crippen LogP contribution in [-0.2, 0) is 11.2 Å². The zero-order valence-corrected chi connectivity index (χ0v) is 13.4. The molecule has 0 amide bonds. The average Bonchev–Trinajstić information content (AvgIpc) is 2.57. The van der Waals surface area contributed by atoms with Crippen molar-refractivity contribution in [2.24, 2.45) is 0 Å². The molecule has 0 aromatic carbocycles. The molecule has 116 valence electrons. The van der Waals surface area contributed by atoms with Crippen LogP contribution in [-0.4, -0.2) is 40.2 Å². The Labute approximate surface area is 131 Å². The Morgan fingerprint density at radius 3 is 2.86 bits per heavy atom. The minimum Gasteiger partial charge on any atom is -0.375 e. The molecule has 3 rings (SSSR count). The fraction of sp³-hybridized carbons (Fsp3) is 0.471. The average molecular weight is 298 g/mol. The normalized spacial score (nSPS) is 21.9. The fourth-order valence-corrected chi connectivity index (χ4v) is 2.64. The van der Waals surface area contributed by atoms with E-state index >= 15 is 0 Å². The van der Waals surface area contributed by atoms with E-state index in [1.807, 2.05) is 18.2 Å². The second kappa shape index (κ2) is 6.40. The molecule has 0 spiro atoms. The van der Waals surface area contributed by atoms with Gasteiger partial charge in [0.1, 0.15) is 11.5 Å². The van der Waals surface area contributed by atoms with Crippen LogP contribution in [0.5, 0.6) is 0 Å². The molecular weight excluding hydrogens is 276 g/mol. The monoisotopic (exact) mass is 298 g/mol. The topological polar surface area (TPSA) is 51.1 Å². The Morgan fingerprint density at radius 1 is 1.27 bits per heavy atom. The van der Waals surface area contributed by atoms with Crippen molar-refractivity contribution in [3.05, 3.63) is 36.2 Å². The second-order valence-corrected chi connectivity index (χ2v) is 5.75. The van der Waals surface area contributed by atoms with Crippen molar-refractivity contribution in [1.29, 1.82) is 0 Å². The molecule has 0 unspecified atom stereocenters. The summed E-state index contributed by atoms with van der Waals surface area (Å²) in [5.41, 5.74) is 1.85. The van der Waals surface area contributed by atoms with Crippen molar-refractivity contribution in [2.75, 3.05) is 18.1 Å². The number of ether oxygens (including phenoxy) is 1. The summed E-state index contributed by atoms with van der Waals surface area (Å²) < 4.78 is 5.72. The van der Waals surface area contributed by atoms with Gasteiger partial charge in [0.05, 0.1) is 18.8 Å². The van der Waals surface area contributed by atoms with Gasteiger partial charge < -0.3 is 9.64 Å². The van der Waals surface area contributed by atoms with Gasteiger partial charge in [-0.1, -0.05) is 13.0 Å². The number of aryl methyl sites for hydroxylation is 1. The van der Waals surface area contributed by atoms with Gasteiger partial charge in [-0.15, -0.1) is 0 Å². The van der Waals surface area contributed by atoms with E-state index in [4.69, 9.17) is 9.72 Å². The quantitative estimate of drug-likeness (QED) is 0.872. The molecule has 1 aliphatic rings.